The van der Waals surface area contributed by atoms with Crippen molar-refractivity contribution in [2.24, 2.45) is 5.92 Å². The van der Waals surface area contributed by atoms with Crippen LogP contribution in [-0.4, -0.2) is 23.3 Å². The highest BCUT2D eigenvalue weighted by Gasteiger charge is 2.35. The molecule has 0 aliphatic carbocycles. The first-order valence-corrected chi connectivity index (χ1v) is 9.53. The zero-order valence-corrected chi connectivity index (χ0v) is 15.9. The molecule has 1 atom stereocenters. The van der Waals surface area contributed by atoms with E-state index in [2.05, 4.69) is 10.3 Å². The average Bonchev–Trinajstić information content (AvgIpc) is 3.19. The lowest BCUT2D eigenvalue weighted by molar-refractivity contribution is -0.122. The Morgan fingerprint density at radius 1 is 1.33 bits per heavy atom. The van der Waals surface area contributed by atoms with Crippen molar-refractivity contribution in [1.29, 1.82) is 0 Å². The van der Waals surface area contributed by atoms with Gasteiger partial charge in [-0.3, -0.25) is 9.59 Å². The van der Waals surface area contributed by atoms with E-state index >= 15 is 0 Å². The molecule has 2 heterocycles. The average molecular weight is 404 g/mol. The van der Waals surface area contributed by atoms with Crippen LogP contribution in [0.4, 0.5) is 15.8 Å². The van der Waals surface area contributed by atoms with Crippen molar-refractivity contribution in [2.45, 2.75) is 13.3 Å². The monoisotopic (exact) mass is 403 g/mol. The molecule has 0 bridgehead atoms. The van der Waals surface area contributed by atoms with Gasteiger partial charge in [-0.15, -0.1) is 11.3 Å². The maximum absolute atomic E-state index is 13.2. The minimum atomic E-state index is -0.551. The van der Waals surface area contributed by atoms with Crippen LogP contribution in [0.2, 0.25) is 5.02 Å². The minimum absolute atomic E-state index is 0.0659. The standard InChI is InChI=1S/C19H15ClFN3O2S/c1-10-22-16-8-13(3-5-17(16)27-10)24-9-11(6-18(24)25)19(26)23-12-2-4-15(21)14(20)7-12/h2-5,7-8,11H,6,9H2,1H3,(H,23,26). The van der Waals surface area contributed by atoms with Gasteiger partial charge < -0.3 is 10.2 Å². The van der Waals surface area contributed by atoms with E-state index in [1.807, 2.05) is 25.1 Å². The van der Waals surface area contributed by atoms with Crippen molar-refractivity contribution in [3.05, 3.63) is 52.2 Å². The highest BCUT2D eigenvalue weighted by Crippen LogP contribution is 2.31. The first kappa shape index (κ1) is 17.9. The second kappa shape index (κ2) is 6.90. The van der Waals surface area contributed by atoms with Crippen LogP contribution in [0.1, 0.15) is 11.4 Å². The fourth-order valence-electron chi connectivity index (χ4n) is 3.15. The fourth-order valence-corrected chi connectivity index (χ4v) is 4.14. The Morgan fingerprint density at radius 2 is 2.15 bits per heavy atom. The summed E-state index contributed by atoms with van der Waals surface area (Å²) in [4.78, 5) is 31.0. The van der Waals surface area contributed by atoms with E-state index in [4.69, 9.17) is 11.6 Å². The molecule has 3 aromatic rings. The van der Waals surface area contributed by atoms with Gasteiger partial charge in [0.05, 0.1) is 26.2 Å². The van der Waals surface area contributed by atoms with Gasteiger partial charge in [0, 0.05) is 24.3 Å². The van der Waals surface area contributed by atoms with Crippen LogP contribution in [0.3, 0.4) is 0 Å². The summed E-state index contributed by atoms with van der Waals surface area (Å²) in [6.45, 7) is 2.22. The first-order valence-electron chi connectivity index (χ1n) is 8.34. The Bertz CT molecular complexity index is 1070. The van der Waals surface area contributed by atoms with E-state index in [0.717, 1.165) is 20.9 Å². The molecule has 2 aromatic carbocycles. The molecule has 138 valence electrons. The molecule has 8 heteroatoms. The van der Waals surface area contributed by atoms with Gasteiger partial charge in [-0.25, -0.2) is 9.37 Å². The third-order valence-electron chi connectivity index (χ3n) is 4.47. The Balaban J connectivity index is 1.50. The molecule has 5 nitrogen and oxygen atoms in total. The largest absolute Gasteiger partial charge is 0.326 e. The van der Waals surface area contributed by atoms with Gasteiger partial charge in [0.2, 0.25) is 11.8 Å². The van der Waals surface area contributed by atoms with Gasteiger partial charge in [0.25, 0.3) is 0 Å². The number of nitrogens with zero attached hydrogens (tertiary/aromatic N) is 2. The van der Waals surface area contributed by atoms with Gasteiger partial charge in [-0.1, -0.05) is 11.6 Å². The Hall–Kier alpha value is -2.51. The maximum atomic E-state index is 13.2. The summed E-state index contributed by atoms with van der Waals surface area (Å²) in [5.74, 6) is -1.45. The molecule has 1 unspecified atom stereocenters. The van der Waals surface area contributed by atoms with E-state index in [0.29, 0.717) is 5.69 Å². The minimum Gasteiger partial charge on any atom is -0.326 e. The normalized spacial score (nSPS) is 16.9. The lowest BCUT2D eigenvalue weighted by Gasteiger charge is -2.16. The summed E-state index contributed by atoms with van der Waals surface area (Å²) in [5.41, 5.74) is 1.98. The molecular formula is C19H15ClFN3O2S. The number of carbonyl (C=O) groups excluding carboxylic acids is 2. The molecule has 2 amide bonds. The predicted molar refractivity (Wildman–Crippen MR) is 105 cm³/mol. The van der Waals surface area contributed by atoms with E-state index in [1.165, 1.54) is 18.2 Å². The predicted octanol–water partition coefficient (Wildman–Crippen LogP) is 4.39. The van der Waals surface area contributed by atoms with Crippen molar-refractivity contribution in [3.8, 4) is 0 Å². The van der Waals surface area contributed by atoms with Crippen LogP contribution in [0.25, 0.3) is 10.2 Å². The number of nitrogens with one attached hydrogen (secondary N) is 1. The Morgan fingerprint density at radius 3 is 2.93 bits per heavy atom. The summed E-state index contributed by atoms with van der Waals surface area (Å²) in [7, 11) is 0. The third-order valence-corrected chi connectivity index (χ3v) is 5.71. The molecule has 1 fully saturated rings. The van der Waals surface area contributed by atoms with E-state index in [-0.39, 0.29) is 29.8 Å². The number of aromatic nitrogens is 1. The lowest BCUT2D eigenvalue weighted by atomic mass is 10.1. The number of hydrogen-bond acceptors (Lipinski definition) is 4. The number of thiazole rings is 1. The zero-order chi connectivity index (χ0) is 19.1. The number of carbonyl (C=O) groups is 2. The number of amides is 2. The topological polar surface area (TPSA) is 62.3 Å². The second-order valence-corrected chi connectivity index (χ2v) is 8.05. The quantitative estimate of drug-likeness (QED) is 0.705. The van der Waals surface area contributed by atoms with Gasteiger partial charge >= 0.3 is 0 Å². The fraction of sp³-hybridized carbons (Fsp3) is 0.211. The van der Waals surface area contributed by atoms with Gasteiger partial charge in [0.1, 0.15) is 5.82 Å². The van der Waals surface area contributed by atoms with Crippen molar-refractivity contribution in [1.82, 2.24) is 4.98 Å². The molecule has 0 saturated carbocycles. The number of halogens is 2. The number of aryl methyl sites for hydroxylation is 1. The highest BCUT2D eigenvalue weighted by molar-refractivity contribution is 7.18. The van der Waals surface area contributed by atoms with Crippen LogP contribution in [0, 0.1) is 18.7 Å². The number of anilines is 2. The maximum Gasteiger partial charge on any atom is 0.229 e. The number of benzene rings is 2. The number of rotatable bonds is 3. The van der Waals surface area contributed by atoms with E-state index < -0.39 is 11.7 Å². The van der Waals surface area contributed by atoms with Crippen LogP contribution >= 0.6 is 22.9 Å². The molecule has 4 rings (SSSR count). The summed E-state index contributed by atoms with van der Waals surface area (Å²) in [6.07, 6.45) is 0.120. The molecule has 1 N–H and O–H groups in total. The smallest absolute Gasteiger partial charge is 0.229 e. The molecule has 1 saturated heterocycles. The van der Waals surface area contributed by atoms with Gasteiger partial charge in [-0.2, -0.15) is 0 Å². The number of fused-ring (bicyclic) bond motifs is 1. The van der Waals surface area contributed by atoms with Crippen LogP contribution in [0.15, 0.2) is 36.4 Å². The van der Waals surface area contributed by atoms with E-state index in [9.17, 15) is 14.0 Å². The third kappa shape index (κ3) is 3.52. The molecule has 1 aliphatic rings. The molecular weight excluding hydrogens is 389 g/mol. The van der Waals surface area contributed by atoms with Crippen LogP contribution < -0.4 is 10.2 Å². The SMILES string of the molecule is Cc1nc2cc(N3CC(C(=O)Nc4ccc(F)c(Cl)c4)CC3=O)ccc2s1. The lowest BCUT2D eigenvalue weighted by Crippen LogP contribution is -2.28. The van der Waals surface area contributed by atoms with Crippen molar-refractivity contribution in [2.75, 3.05) is 16.8 Å². The number of hydrogen-bond donors (Lipinski definition) is 1. The van der Waals surface area contributed by atoms with Crippen molar-refractivity contribution >= 4 is 56.3 Å². The molecule has 0 spiro atoms. The Labute approximate surface area is 163 Å². The van der Waals surface area contributed by atoms with E-state index in [1.54, 1.807) is 16.2 Å². The second-order valence-electron chi connectivity index (χ2n) is 6.41. The van der Waals surface area contributed by atoms with Gasteiger partial charge in [-0.05, 0) is 43.3 Å². The zero-order valence-electron chi connectivity index (χ0n) is 14.3. The molecule has 27 heavy (non-hydrogen) atoms. The molecule has 1 aliphatic heterocycles. The summed E-state index contributed by atoms with van der Waals surface area (Å²) in [6, 6.07) is 9.66. The van der Waals surface area contributed by atoms with Crippen LogP contribution in [-0.2, 0) is 9.59 Å². The Kier molecular flexibility index (Phi) is 4.57. The summed E-state index contributed by atoms with van der Waals surface area (Å²) < 4.78 is 14.3. The first-order chi connectivity index (χ1) is 12.9. The van der Waals surface area contributed by atoms with Gasteiger partial charge in [0.15, 0.2) is 0 Å². The van der Waals surface area contributed by atoms with Crippen molar-refractivity contribution < 1.29 is 14.0 Å². The highest BCUT2D eigenvalue weighted by atomic mass is 35.5. The summed E-state index contributed by atoms with van der Waals surface area (Å²) in [5, 5.41) is 3.59. The molecule has 1 aromatic heterocycles. The van der Waals surface area contributed by atoms with Crippen LogP contribution in [0.5, 0.6) is 0 Å². The summed E-state index contributed by atoms with van der Waals surface area (Å²) >= 11 is 7.34. The van der Waals surface area contributed by atoms with Crippen molar-refractivity contribution in [3.63, 3.8) is 0 Å². The molecule has 0 radical (unpaired) electrons.